The summed E-state index contributed by atoms with van der Waals surface area (Å²) in [7, 11) is 0. The number of rotatable bonds is 8. The maximum absolute atomic E-state index is 12.0. The lowest BCUT2D eigenvalue weighted by Gasteiger charge is -2.41. The van der Waals surface area contributed by atoms with Gasteiger partial charge in [0.05, 0.1) is 6.54 Å². The average molecular weight is 378 g/mol. The van der Waals surface area contributed by atoms with E-state index in [9.17, 15) is 9.90 Å². The quantitative estimate of drug-likeness (QED) is 0.731. The predicted molar refractivity (Wildman–Crippen MR) is 101 cm³/mol. The van der Waals surface area contributed by atoms with Crippen LogP contribution in [0, 0.1) is 6.92 Å². The number of aryl methyl sites for hydroxylation is 1. The van der Waals surface area contributed by atoms with Crippen molar-refractivity contribution in [1.82, 2.24) is 14.8 Å². The molecule has 1 aliphatic heterocycles. The van der Waals surface area contributed by atoms with Crippen LogP contribution in [0.3, 0.4) is 0 Å². The monoisotopic (exact) mass is 378 g/mol. The van der Waals surface area contributed by atoms with Crippen LogP contribution in [0.2, 0.25) is 0 Å². The first-order valence-electron chi connectivity index (χ1n) is 8.96. The van der Waals surface area contributed by atoms with Crippen LogP contribution in [0.4, 0.5) is 5.13 Å². The number of hydrogen-bond donors (Lipinski definition) is 2. The van der Waals surface area contributed by atoms with Crippen molar-refractivity contribution in [2.24, 2.45) is 0 Å². The van der Waals surface area contributed by atoms with Gasteiger partial charge < -0.3 is 14.8 Å². The van der Waals surface area contributed by atoms with E-state index in [0.29, 0.717) is 18.1 Å². The van der Waals surface area contributed by atoms with Crippen molar-refractivity contribution < 1.29 is 14.3 Å². The molecule has 1 atom stereocenters. The van der Waals surface area contributed by atoms with E-state index in [1.54, 1.807) is 6.20 Å². The number of anilines is 1. The Hall–Kier alpha value is -1.74. The van der Waals surface area contributed by atoms with Gasteiger partial charge in [-0.25, -0.2) is 4.98 Å². The summed E-state index contributed by atoms with van der Waals surface area (Å²) < 4.78 is 5.69. The second kappa shape index (κ2) is 9.27. The summed E-state index contributed by atoms with van der Waals surface area (Å²) in [5, 5.41) is 14.7. The SMILES string of the molecule is Cc1ccc(CN2CCN(CCC(=O)Nc3nccs3)C[C@@H]2CCO)o1. The van der Waals surface area contributed by atoms with Crippen LogP contribution < -0.4 is 5.32 Å². The zero-order chi connectivity index (χ0) is 18.4. The summed E-state index contributed by atoms with van der Waals surface area (Å²) in [5.74, 6) is 1.87. The number of thiazole rings is 1. The van der Waals surface area contributed by atoms with Crippen molar-refractivity contribution in [3.8, 4) is 0 Å². The minimum atomic E-state index is -0.00727. The van der Waals surface area contributed by atoms with Gasteiger partial charge >= 0.3 is 0 Å². The van der Waals surface area contributed by atoms with E-state index in [-0.39, 0.29) is 18.6 Å². The van der Waals surface area contributed by atoms with Crippen LogP contribution >= 0.6 is 11.3 Å². The molecule has 2 aromatic rings. The Labute approximate surface area is 157 Å². The van der Waals surface area contributed by atoms with E-state index in [1.807, 2.05) is 24.4 Å². The topological polar surface area (TPSA) is 81.8 Å². The normalized spacial score (nSPS) is 18.9. The molecule has 0 bridgehead atoms. The summed E-state index contributed by atoms with van der Waals surface area (Å²) in [6.45, 7) is 6.25. The standard InChI is InChI=1S/C18H26N4O3S/c1-14-2-3-16(25-14)13-22-9-8-21(12-15(22)5-10-23)7-4-17(24)20-18-19-6-11-26-18/h2-3,6,11,15,23H,4-5,7-10,12-13H2,1H3,(H,19,20,24)/t15-/m0/s1. The van der Waals surface area contributed by atoms with Crippen molar-refractivity contribution in [3.63, 3.8) is 0 Å². The molecule has 142 valence electrons. The number of aliphatic hydroxyl groups is 1. The molecule has 0 spiro atoms. The third-order valence-corrected chi connectivity index (χ3v) is 5.33. The molecule has 7 nitrogen and oxygen atoms in total. The molecule has 3 heterocycles. The lowest BCUT2D eigenvalue weighted by Crippen LogP contribution is -2.53. The van der Waals surface area contributed by atoms with Gasteiger partial charge in [0.15, 0.2) is 5.13 Å². The number of amides is 1. The summed E-state index contributed by atoms with van der Waals surface area (Å²) in [6.07, 6.45) is 2.85. The van der Waals surface area contributed by atoms with Crippen molar-refractivity contribution >= 4 is 22.4 Å². The number of aromatic nitrogens is 1. The van der Waals surface area contributed by atoms with Gasteiger partial charge in [0.1, 0.15) is 11.5 Å². The molecular formula is C18H26N4O3S. The molecule has 8 heteroatoms. The van der Waals surface area contributed by atoms with E-state index in [0.717, 1.165) is 44.1 Å². The predicted octanol–water partition coefficient (Wildman–Crippen LogP) is 1.94. The van der Waals surface area contributed by atoms with Crippen LogP contribution in [-0.2, 0) is 11.3 Å². The highest BCUT2D eigenvalue weighted by Gasteiger charge is 2.27. The highest BCUT2D eigenvalue weighted by Crippen LogP contribution is 2.18. The Balaban J connectivity index is 1.48. The lowest BCUT2D eigenvalue weighted by molar-refractivity contribution is -0.116. The number of aliphatic hydroxyl groups excluding tert-OH is 1. The maximum Gasteiger partial charge on any atom is 0.227 e. The number of carbonyl (C=O) groups is 1. The second-order valence-corrected chi connectivity index (χ2v) is 7.48. The number of carbonyl (C=O) groups excluding carboxylic acids is 1. The van der Waals surface area contributed by atoms with Gasteiger partial charge in [-0.2, -0.15) is 0 Å². The van der Waals surface area contributed by atoms with E-state index >= 15 is 0 Å². The number of nitrogens with zero attached hydrogens (tertiary/aromatic N) is 3. The number of piperazine rings is 1. The lowest BCUT2D eigenvalue weighted by atomic mass is 10.1. The fourth-order valence-corrected chi connectivity index (χ4v) is 3.83. The smallest absolute Gasteiger partial charge is 0.227 e. The zero-order valence-electron chi connectivity index (χ0n) is 15.1. The van der Waals surface area contributed by atoms with Crippen LogP contribution in [-0.4, -0.2) is 64.6 Å². The molecule has 2 N–H and O–H groups in total. The minimum absolute atomic E-state index is 0.00727. The van der Waals surface area contributed by atoms with Crippen LogP contribution in [0.15, 0.2) is 28.1 Å². The first-order valence-corrected chi connectivity index (χ1v) is 9.84. The first-order chi connectivity index (χ1) is 12.6. The average Bonchev–Trinajstić information content (AvgIpc) is 3.27. The molecule has 1 aliphatic rings. The van der Waals surface area contributed by atoms with Crippen molar-refractivity contribution in [1.29, 1.82) is 0 Å². The van der Waals surface area contributed by atoms with Gasteiger partial charge in [-0.05, 0) is 25.5 Å². The third-order valence-electron chi connectivity index (χ3n) is 4.64. The molecule has 0 unspecified atom stereocenters. The summed E-state index contributed by atoms with van der Waals surface area (Å²) in [5.41, 5.74) is 0. The van der Waals surface area contributed by atoms with Gasteiger partial charge in [0.25, 0.3) is 0 Å². The van der Waals surface area contributed by atoms with Crippen LogP contribution in [0.5, 0.6) is 0 Å². The zero-order valence-corrected chi connectivity index (χ0v) is 15.9. The highest BCUT2D eigenvalue weighted by atomic mass is 32.1. The first kappa shape index (κ1) is 19.0. The van der Waals surface area contributed by atoms with Gasteiger partial charge in [-0.3, -0.25) is 14.6 Å². The molecule has 1 saturated heterocycles. The van der Waals surface area contributed by atoms with E-state index < -0.39 is 0 Å². The van der Waals surface area contributed by atoms with Crippen molar-refractivity contribution in [2.45, 2.75) is 32.4 Å². The molecule has 1 fully saturated rings. The Bertz CT molecular complexity index is 688. The van der Waals surface area contributed by atoms with Crippen LogP contribution in [0.1, 0.15) is 24.4 Å². The van der Waals surface area contributed by atoms with E-state index in [1.165, 1.54) is 11.3 Å². The molecule has 1 amide bonds. The summed E-state index contributed by atoms with van der Waals surface area (Å²) in [6, 6.07) is 4.26. The molecular weight excluding hydrogens is 352 g/mol. The van der Waals surface area contributed by atoms with Gasteiger partial charge in [0.2, 0.25) is 5.91 Å². The fourth-order valence-electron chi connectivity index (χ4n) is 3.29. The third kappa shape index (κ3) is 5.38. The van der Waals surface area contributed by atoms with E-state index in [4.69, 9.17) is 4.42 Å². The Morgan fingerprint density at radius 1 is 1.46 bits per heavy atom. The van der Waals surface area contributed by atoms with Crippen molar-refractivity contribution in [3.05, 3.63) is 35.2 Å². The second-order valence-electron chi connectivity index (χ2n) is 6.58. The minimum Gasteiger partial charge on any atom is -0.465 e. The Morgan fingerprint density at radius 3 is 3.04 bits per heavy atom. The van der Waals surface area contributed by atoms with Gasteiger partial charge in [0, 0.05) is 56.8 Å². The summed E-state index contributed by atoms with van der Waals surface area (Å²) in [4.78, 5) is 20.8. The van der Waals surface area contributed by atoms with Crippen LogP contribution in [0.25, 0.3) is 0 Å². The molecule has 3 rings (SSSR count). The Kier molecular flexibility index (Phi) is 6.79. The molecule has 0 aliphatic carbocycles. The maximum atomic E-state index is 12.0. The van der Waals surface area contributed by atoms with Gasteiger partial charge in [-0.1, -0.05) is 0 Å². The largest absolute Gasteiger partial charge is 0.465 e. The van der Waals surface area contributed by atoms with Crippen molar-refractivity contribution in [2.75, 3.05) is 38.1 Å². The number of nitrogens with one attached hydrogen (secondary N) is 1. The molecule has 2 aromatic heterocycles. The highest BCUT2D eigenvalue weighted by molar-refractivity contribution is 7.13. The van der Waals surface area contributed by atoms with E-state index in [2.05, 4.69) is 20.1 Å². The molecule has 26 heavy (non-hydrogen) atoms. The fraction of sp³-hybridized carbons (Fsp3) is 0.556. The number of hydrogen-bond acceptors (Lipinski definition) is 7. The summed E-state index contributed by atoms with van der Waals surface area (Å²) >= 11 is 1.42. The van der Waals surface area contributed by atoms with Gasteiger partial charge in [-0.15, -0.1) is 11.3 Å². The Morgan fingerprint density at radius 2 is 2.35 bits per heavy atom. The molecule has 0 aromatic carbocycles. The molecule has 0 radical (unpaired) electrons. The molecule has 0 saturated carbocycles. The number of furan rings is 1.